The second-order valence-corrected chi connectivity index (χ2v) is 7.91. The fraction of sp³-hybridized carbons (Fsp3) is 0.167. The Hall–Kier alpha value is -2.87. The number of hydrogen-bond donors (Lipinski definition) is 1. The van der Waals surface area contributed by atoms with E-state index in [1.165, 1.54) is 24.4 Å². The lowest BCUT2D eigenvalue weighted by atomic mass is 10.1. The predicted octanol–water partition coefficient (Wildman–Crippen LogP) is 3.25. The molecule has 0 unspecified atom stereocenters. The summed E-state index contributed by atoms with van der Waals surface area (Å²) in [4.78, 5) is 12.6. The third-order valence-corrected chi connectivity index (χ3v) is 4.92. The lowest BCUT2D eigenvalue weighted by Crippen LogP contribution is -2.09. The van der Waals surface area contributed by atoms with E-state index in [9.17, 15) is 12.8 Å². The lowest BCUT2D eigenvalue weighted by Gasteiger charge is -2.14. The zero-order chi connectivity index (χ0) is 18.7. The van der Waals surface area contributed by atoms with E-state index in [-0.39, 0.29) is 16.8 Å². The van der Waals surface area contributed by atoms with Crippen molar-refractivity contribution in [2.24, 2.45) is 0 Å². The summed E-state index contributed by atoms with van der Waals surface area (Å²) >= 11 is 0. The molecule has 1 aromatic carbocycles. The quantitative estimate of drug-likeness (QED) is 0.740. The van der Waals surface area contributed by atoms with Crippen LogP contribution in [-0.2, 0) is 9.84 Å². The van der Waals surface area contributed by atoms with Crippen LogP contribution in [0.1, 0.15) is 18.5 Å². The maximum Gasteiger partial charge on any atom is 0.223 e. The summed E-state index contributed by atoms with van der Waals surface area (Å²) < 4.78 is 36.3. The third-order valence-electron chi connectivity index (χ3n) is 3.84. The maximum atomic E-state index is 13.0. The minimum Gasteiger partial charge on any atom is -0.348 e. The first-order valence-electron chi connectivity index (χ1n) is 7.82. The van der Waals surface area contributed by atoms with Gasteiger partial charge in [-0.05, 0) is 30.7 Å². The number of benzene rings is 1. The second kappa shape index (κ2) is 7.17. The number of pyridine rings is 1. The third kappa shape index (κ3) is 4.20. The molecule has 0 saturated heterocycles. The summed E-state index contributed by atoms with van der Waals surface area (Å²) in [6, 6.07) is 7.64. The van der Waals surface area contributed by atoms with Crippen molar-refractivity contribution in [1.29, 1.82) is 0 Å². The van der Waals surface area contributed by atoms with Crippen LogP contribution in [0.25, 0.3) is 11.1 Å². The summed E-state index contributed by atoms with van der Waals surface area (Å²) in [5, 5.41) is 3.14. The van der Waals surface area contributed by atoms with Gasteiger partial charge in [0.2, 0.25) is 5.95 Å². The van der Waals surface area contributed by atoms with Gasteiger partial charge in [-0.2, -0.15) is 0 Å². The first-order valence-corrected chi connectivity index (χ1v) is 9.71. The van der Waals surface area contributed by atoms with Crippen LogP contribution in [0, 0.1) is 5.82 Å². The van der Waals surface area contributed by atoms with Crippen LogP contribution in [-0.4, -0.2) is 29.6 Å². The van der Waals surface area contributed by atoms with Gasteiger partial charge in [0.25, 0.3) is 0 Å². The largest absolute Gasteiger partial charge is 0.348 e. The van der Waals surface area contributed by atoms with Crippen molar-refractivity contribution in [3.63, 3.8) is 0 Å². The fourth-order valence-electron chi connectivity index (χ4n) is 2.36. The number of nitrogens with one attached hydrogen (secondary N) is 1. The van der Waals surface area contributed by atoms with Crippen LogP contribution < -0.4 is 5.32 Å². The number of sulfone groups is 1. The Morgan fingerprint density at radius 2 is 1.65 bits per heavy atom. The molecule has 0 amide bonds. The van der Waals surface area contributed by atoms with Crippen molar-refractivity contribution < 1.29 is 12.8 Å². The Balaban J connectivity index is 1.77. The first-order chi connectivity index (χ1) is 12.3. The van der Waals surface area contributed by atoms with Gasteiger partial charge in [-0.25, -0.2) is 22.8 Å². The Kier molecular flexibility index (Phi) is 4.94. The van der Waals surface area contributed by atoms with Crippen molar-refractivity contribution in [3.8, 4) is 11.1 Å². The number of hydrogen-bond acceptors (Lipinski definition) is 6. The summed E-state index contributed by atoms with van der Waals surface area (Å²) in [7, 11) is -3.33. The molecule has 2 aromatic heterocycles. The monoisotopic (exact) mass is 372 g/mol. The highest BCUT2D eigenvalue weighted by Gasteiger charge is 2.11. The molecule has 3 rings (SSSR count). The zero-order valence-electron chi connectivity index (χ0n) is 14.2. The molecule has 0 aliphatic rings. The molecule has 8 heteroatoms. The zero-order valence-corrected chi connectivity index (χ0v) is 15.0. The van der Waals surface area contributed by atoms with Crippen LogP contribution in [0.3, 0.4) is 0 Å². The molecule has 3 aromatic rings. The number of aromatic nitrogens is 3. The van der Waals surface area contributed by atoms with Crippen molar-refractivity contribution in [2.75, 3.05) is 11.6 Å². The molecule has 0 saturated carbocycles. The van der Waals surface area contributed by atoms with E-state index >= 15 is 0 Å². The van der Waals surface area contributed by atoms with E-state index in [1.807, 2.05) is 6.92 Å². The van der Waals surface area contributed by atoms with Gasteiger partial charge in [-0.3, -0.25) is 4.98 Å². The van der Waals surface area contributed by atoms with Gasteiger partial charge in [-0.15, -0.1) is 0 Å². The normalized spacial score (nSPS) is 12.6. The van der Waals surface area contributed by atoms with Gasteiger partial charge in [0.15, 0.2) is 9.84 Å². The smallest absolute Gasteiger partial charge is 0.223 e. The van der Waals surface area contributed by atoms with Crippen molar-refractivity contribution in [2.45, 2.75) is 17.9 Å². The average molecular weight is 372 g/mol. The van der Waals surface area contributed by atoms with E-state index in [2.05, 4.69) is 20.3 Å². The number of anilines is 1. The second-order valence-electron chi connectivity index (χ2n) is 5.89. The van der Waals surface area contributed by atoms with Crippen molar-refractivity contribution >= 4 is 15.8 Å². The molecule has 2 heterocycles. The molecule has 0 fully saturated rings. The van der Waals surface area contributed by atoms with E-state index < -0.39 is 9.84 Å². The minimum absolute atomic E-state index is 0.100. The summed E-state index contributed by atoms with van der Waals surface area (Å²) in [6.45, 7) is 1.92. The summed E-state index contributed by atoms with van der Waals surface area (Å²) in [6.07, 6.45) is 7.18. The summed E-state index contributed by atoms with van der Waals surface area (Å²) in [5.41, 5.74) is 2.18. The molecule has 0 aliphatic carbocycles. The average Bonchev–Trinajstić information content (AvgIpc) is 2.62. The highest BCUT2D eigenvalue weighted by molar-refractivity contribution is 7.90. The summed E-state index contributed by atoms with van der Waals surface area (Å²) in [5.74, 6) is 0.129. The molecule has 1 atom stereocenters. The Labute approximate surface area is 151 Å². The van der Waals surface area contributed by atoms with Gasteiger partial charge in [0.1, 0.15) is 5.82 Å². The van der Waals surface area contributed by atoms with Gasteiger partial charge in [0.05, 0.1) is 10.9 Å². The van der Waals surface area contributed by atoms with E-state index in [0.29, 0.717) is 17.1 Å². The first kappa shape index (κ1) is 17.9. The number of rotatable bonds is 5. The standard InChI is InChI=1S/C18H17FN4O2S/c1-12(13-3-5-16(19)6-4-13)23-18-21-9-15(10-22-18)14-7-17(11-20-8-14)26(2,24)25/h3-12H,1-2H3,(H,21,22,23)/t12-/m1/s1. The van der Waals surface area contributed by atoms with Crippen molar-refractivity contribution in [1.82, 2.24) is 15.0 Å². The van der Waals surface area contributed by atoms with Gasteiger partial charge in [0, 0.05) is 42.2 Å². The van der Waals surface area contributed by atoms with E-state index in [1.54, 1.807) is 30.7 Å². The van der Waals surface area contributed by atoms with Gasteiger partial charge in [-0.1, -0.05) is 12.1 Å². The maximum absolute atomic E-state index is 13.0. The molecule has 0 aliphatic heterocycles. The topological polar surface area (TPSA) is 84.8 Å². The number of halogens is 1. The lowest BCUT2D eigenvalue weighted by molar-refractivity contribution is 0.601. The Bertz CT molecular complexity index is 1010. The molecule has 6 nitrogen and oxygen atoms in total. The van der Waals surface area contributed by atoms with Crippen LogP contribution >= 0.6 is 0 Å². The molecule has 1 N–H and O–H groups in total. The van der Waals surface area contributed by atoms with Crippen molar-refractivity contribution in [3.05, 3.63) is 66.5 Å². The highest BCUT2D eigenvalue weighted by atomic mass is 32.2. The molecule has 26 heavy (non-hydrogen) atoms. The van der Waals surface area contributed by atoms with Crippen LogP contribution in [0.4, 0.5) is 10.3 Å². The Morgan fingerprint density at radius 1 is 1.00 bits per heavy atom. The van der Waals surface area contributed by atoms with Crippen LogP contribution in [0.2, 0.25) is 0 Å². The SMILES string of the molecule is C[C@@H](Nc1ncc(-c2cncc(S(C)(=O)=O)c2)cn1)c1ccc(F)cc1. The van der Waals surface area contributed by atoms with Crippen LogP contribution in [0.5, 0.6) is 0 Å². The molecule has 0 bridgehead atoms. The molecular weight excluding hydrogens is 355 g/mol. The van der Waals surface area contributed by atoms with Gasteiger partial charge >= 0.3 is 0 Å². The molecule has 0 spiro atoms. The minimum atomic E-state index is -3.33. The number of nitrogens with zero attached hydrogens (tertiary/aromatic N) is 3. The fourth-order valence-corrected chi connectivity index (χ4v) is 2.95. The Morgan fingerprint density at radius 3 is 2.27 bits per heavy atom. The predicted molar refractivity (Wildman–Crippen MR) is 96.8 cm³/mol. The van der Waals surface area contributed by atoms with Gasteiger partial charge < -0.3 is 5.32 Å². The van der Waals surface area contributed by atoms with E-state index in [0.717, 1.165) is 11.8 Å². The molecule has 0 radical (unpaired) electrons. The highest BCUT2D eigenvalue weighted by Crippen LogP contribution is 2.22. The van der Waals surface area contributed by atoms with E-state index in [4.69, 9.17) is 0 Å². The molecule has 134 valence electrons. The molecular formula is C18H17FN4O2S. The van der Waals surface area contributed by atoms with Crippen LogP contribution in [0.15, 0.2) is 60.0 Å².